The highest BCUT2D eigenvalue weighted by Crippen LogP contribution is 2.36. The fraction of sp³-hybridized carbons (Fsp3) is 0.667. The zero-order valence-electron chi connectivity index (χ0n) is 13.6. The molecule has 0 amide bonds. The van der Waals surface area contributed by atoms with Crippen LogP contribution in [-0.2, 0) is 6.54 Å². The molecule has 20 heavy (non-hydrogen) atoms. The lowest BCUT2D eigenvalue weighted by molar-refractivity contribution is 0.220. The minimum absolute atomic E-state index is 0.429. The first-order valence-corrected chi connectivity index (χ1v) is 7.97. The van der Waals surface area contributed by atoms with Crippen LogP contribution in [-0.4, -0.2) is 13.1 Å². The summed E-state index contributed by atoms with van der Waals surface area (Å²) in [5.74, 6) is 0.831. The van der Waals surface area contributed by atoms with Crippen LogP contribution in [0.2, 0.25) is 0 Å². The molecule has 1 heterocycles. The second kappa shape index (κ2) is 6.17. The summed E-state index contributed by atoms with van der Waals surface area (Å²) in [6, 6.07) is 6.51. The number of anilines is 1. The number of aryl methyl sites for hydroxylation is 1. The third kappa shape index (κ3) is 3.35. The van der Waals surface area contributed by atoms with Crippen LogP contribution in [0.1, 0.15) is 51.2 Å². The van der Waals surface area contributed by atoms with Crippen molar-refractivity contribution in [1.82, 2.24) is 0 Å². The monoisotopic (exact) mass is 274 g/mol. The van der Waals surface area contributed by atoms with Gasteiger partial charge in [-0.15, -0.1) is 0 Å². The van der Waals surface area contributed by atoms with E-state index in [-0.39, 0.29) is 0 Å². The normalized spacial score (nSPS) is 20.9. The Morgan fingerprint density at radius 2 is 1.95 bits per heavy atom. The molecule has 2 heteroatoms. The molecule has 1 aliphatic rings. The van der Waals surface area contributed by atoms with Crippen LogP contribution in [0, 0.1) is 18.3 Å². The van der Waals surface area contributed by atoms with Gasteiger partial charge in [0.05, 0.1) is 0 Å². The van der Waals surface area contributed by atoms with Gasteiger partial charge in [-0.25, -0.2) is 0 Å². The fourth-order valence-corrected chi connectivity index (χ4v) is 3.52. The Bertz CT molecular complexity index is 445. The molecule has 1 unspecified atom stereocenters. The highest BCUT2D eigenvalue weighted by atomic mass is 15.1. The topological polar surface area (TPSA) is 29.3 Å². The minimum Gasteiger partial charge on any atom is -0.371 e. The molecule has 1 aromatic carbocycles. The van der Waals surface area contributed by atoms with Crippen LogP contribution in [0.5, 0.6) is 0 Å². The van der Waals surface area contributed by atoms with Crippen molar-refractivity contribution in [2.45, 2.75) is 53.5 Å². The molecule has 1 saturated heterocycles. The average Bonchev–Trinajstić information content (AvgIpc) is 2.63. The van der Waals surface area contributed by atoms with E-state index >= 15 is 0 Å². The van der Waals surface area contributed by atoms with Gasteiger partial charge < -0.3 is 10.6 Å². The van der Waals surface area contributed by atoms with E-state index in [1.807, 2.05) is 0 Å². The molecule has 0 spiro atoms. The van der Waals surface area contributed by atoms with Gasteiger partial charge in [0.2, 0.25) is 0 Å². The van der Waals surface area contributed by atoms with E-state index < -0.39 is 0 Å². The Morgan fingerprint density at radius 1 is 1.20 bits per heavy atom. The van der Waals surface area contributed by atoms with Crippen molar-refractivity contribution in [2.75, 3.05) is 18.0 Å². The molecule has 2 nitrogen and oxygen atoms in total. The van der Waals surface area contributed by atoms with Crippen molar-refractivity contribution >= 4 is 5.69 Å². The molecule has 1 fully saturated rings. The van der Waals surface area contributed by atoms with Crippen molar-refractivity contribution in [3.63, 3.8) is 0 Å². The van der Waals surface area contributed by atoms with Crippen molar-refractivity contribution in [1.29, 1.82) is 0 Å². The largest absolute Gasteiger partial charge is 0.371 e. The van der Waals surface area contributed by atoms with E-state index in [4.69, 9.17) is 5.73 Å². The molecule has 0 aliphatic carbocycles. The molecule has 0 bridgehead atoms. The van der Waals surface area contributed by atoms with Gasteiger partial charge in [0.1, 0.15) is 0 Å². The molecule has 1 aromatic rings. The molecule has 1 atom stereocenters. The molecule has 2 N–H and O–H groups in total. The van der Waals surface area contributed by atoms with Gasteiger partial charge in [0, 0.05) is 25.3 Å². The quantitative estimate of drug-likeness (QED) is 0.879. The lowest BCUT2D eigenvalue weighted by Gasteiger charge is -2.30. The maximum atomic E-state index is 5.94. The Labute approximate surface area is 124 Å². The third-order valence-corrected chi connectivity index (χ3v) is 4.81. The van der Waals surface area contributed by atoms with Crippen LogP contribution in [0.25, 0.3) is 0 Å². The van der Waals surface area contributed by atoms with Gasteiger partial charge in [0.25, 0.3) is 0 Å². The number of rotatable bonds is 2. The molecule has 112 valence electrons. The lowest BCUT2D eigenvalue weighted by atomic mass is 9.77. The number of nitrogens with two attached hydrogens (primary N) is 1. The van der Waals surface area contributed by atoms with Gasteiger partial charge in [0.15, 0.2) is 0 Å². The lowest BCUT2D eigenvalue weighted by Crippen LogP contribution is -2.28. The first-order valence-electron chi connectivity index (χ1n) is 7.97. The molecule has 2 rings (SSSR count). The van der Waals surface area contributed by atoms with E-state index in [9.17, 15) is 0 Å². The first-order chi connectivity index (χ1) is 9.43. The molecule has 0 aromatic heterocycles. The average molecular weight is 274 g/mol. The number of hydrogen-bond acceptors (Lipinski definition) is 2. The Kier molecular flexibility index (Phi) is 4.74. The van der Waals surface area contributed by atoms with Crippen LogP contribution in [0.4, 0.5) is 5.69 Å². The smallest absolute Gasteiger partial charge is 0.0441 e. The predicted molar refractivity (Wildman–Crippen MR) is 88.1 cm³/mol. The van der Waals surface area contributed by atoms with Crippen molar-refractivity contribution < 1.29 is 0 Å². The van der Waals surface area contributed by atoms with Gasteiger partial charge in [-0.2, -0.15) is 0 Å². The van der Waals surface area contributed by atoms with E-state index in [2.05, 4.69) is 50.8 Å². The maximum absolute atomic E-state index is 5.94. The minimum atomic E-state index is 0.429. The Morgan fingerprint density at radius 3 is 2.60 bits per heavy atom. The predicted octanol–water partition coefficient (Wildman–Crippen LogP) is 4.11. The summed E-state index contributed by atoms with van der Waals surface area (Å²) in [5, 5.41) is 0. The fourth-order valence-electron chi connectivity index (χ4n) is 3.52. The summed E-state index contributed by atoms with van der Waals surface area (Å²) in [6.07, 6.45) is 3.94. The Hall–Kier alpha value is -1.02. The second-order valence-electron chi connectivity index (χ2n) is 7.27. The molecular formula is C18H30N2. The molecular weight excluding hydrogens is 244 g/mol. The third-order valence-electron chi connectivity index (χ3n) is 4.81. The van der Waals surface area contributed by atoms with Gasteiger partial charge in [-0.3, -0.25) is 0 Å². The number of hydrogen-bond donors (Lipinski definition) is 1. The van der Waals surface area contributed by atoms with Crippen LogP contribution < -0.4 is 10.6 Å². The van der Waals surface area contributed by atoms with Crippen molar-refractivity contribution in [3.8, 4) is 0 Å². The van der Waals surface area contributed by atoms with Crippen molar-refractivity contribution in [2.24, 2.45) is 17.1 Å². The summed E-state index contributed by atoms with van der Waals surface area (Å²) in [6.45, 7) is 12.3. The standard InChI is InChI=1S/C18H30N2/c1-14-7-5-8-15(13-19)17(14)20-11-6-9-16(10-12-20)18(2,3)4/h5,7-8,16H,6,9-13,19H2,1-4H3. The van der Waals surface area contributed by atoms with Crippen molar-refractivity contribution in [3.05, 3.63) is 29.3 Å². The molecule has 1 aliphatic heterocycles. The zero-order valence-corrected chi connectivity index (χ0v) is 13.6. The summed E-state index contributed by atoms with van der Waals surface area (Å²) in [7, 11) is 0. The van der Waals surface area contributed by atoms with E-state index in [1.54, 1.807) is 0 Å². The van der Waals surface area contributed by atoms with Gasteiger partial charge in [-0.1, -0.05) is 39.0 Å². The second-order valence-corrected chi connectivity index (χ2v) is 7.27. The Balaban J connectivity index is 2.19. The van der Waals surface area contributed by atoms with E-state index in [0.29, 0.717) is 12.0 Å². The van der Waals surface area contributed by atoms with Crippen LogP contribution >= 0.6 is 0 Å². The maximum Gasteiger partial charge on any atom is 0.0441 e. The summed E-state index contributed by atoms with van der Waals surface area (Å²) in [5.41, 5.74) is 10.4. The molecule has 0 saturated carbocycles. The highest BCUT2D eigenvalue weighted by molar-refractivity contribution is 5.59. The SMILES string of the molecule is Cc1cccc(CN)c1N1CCCC(C(C)(C)C)CC1. The van der Waals surface area contributed by atoms with E-state index in [1.165, 1.54) is 49.2 Å². The van der Waals surface area contributed by atoms with E-state index in [0.717, 1.165) is 5.92 Å². The summed E-state index contributed by atoms with van der Waals surface area (Å²) < 4.78 is 0. The highest BCUT2D eigenvalue weighted by Gasteiger charge is 2.27. The van der Waals surface area contributed by atoms with Gasteiger partial charge >= 0.3 is 0 Å². The summed E-state index contributed by atoms with van der Waals surface area (Å²) in [4.78, 5) is 2.57. The zero-order chi connectivity index (χ0) is 14.8. The number of benzene rings is 1. The number of para-hydroxylation sites is 1. The van der Waals surface area contributed by atoms with Crippen LogP contribution in [0.15, 0.2) is 18.2 Å². The summed E-state index contributed by atoms with van der Waals surface area (Å²) >= 11 is 0. The van der Waals surface area contributed by atoms with Crippen LogP contribution in [0.3, 0.4) is 0 Å². The molecule has 0 radical (unpaired) electrons. The van der Waals surface area contributed by atoms with Gasteiger partial charge in [-0.05, 0) is 48.6 Å². The first kappa shape index (κ1) is 15.4. The number of nitrogens with zero attached hydrogens (tertiary/aromatic N) is 1.